The molecular formula is C13H11ClN4O3S. The van der Waals surface area contributed by atoms with E-state index in [9.17, 15) is 9.59 Å². The normalized spacial score (nSPS) is 10.8. The number of fused-ring (bicyclic) bond motifs is 1. The molecule has 7 nitrogen and oxygen atoms in total. The van der Waals surface area contributed by atoms with Gasteiger partial charge in [-0.25, -0.2) is 14.6 Å². The number of hydrogen-bond donors (Lipinski definition) is 3. The van der Waals surface area contributed by atoms with Crippen molar-refractivity contribution in [3.63, 3.8) is 0 Å². The van der Waals surface area contributed by atoms with Crippen molar-refractivity contribution in [3.05, 3.63) is 44.3 Å². The van der Waals surface area contributed by atoms with Crippen molar-refractivity contribution in [2.75, 3.05) is 12.4 Å². The third kappa shape index (κ3) is 2.83. The number of H-pyrrole nitrogens is 2. The molecule has 0 radical (unpaired) electrons. The van der Waals surface area contributed by atoms with Crippen molar-refractivity contribution in [3.8, 4) is 0 Å². The van der Waals surface area contributed by atoms with E-state index in [0.29, 0.717) is 11.7 Å². The lowest BCUT2D eigenvalue weighted by atomic mass is 10.2. The molecule has 0 bridgehead atoms. The molecule has 0 saturated carbocycles. The number of aromatic nitrogens is 3. The average molecular weight is 339 g/mol. The van der Waals surface area contributed by atoms with E-state index in [0.717, 1.165) is 27.9 Å². The first-order valence-corrected chi connectivity index (χ1v) is 7.45. The van der Waals surface area contributed by atoms with Gasteiger partial charge < -0.3 is 20.0 Å². The minimum Gasteiger partial charge on any atom is -0.465 e. The smallest absolute Gasteiger partial charge is 0.351 e. The summed E-state index contributed by atoms with van der Waals surface area (Å²) in [6.45, 7) is 0.480. The van der Waals surface area contributed by atoms with E-state index < -0.39 is 5.97 Å². The lowest BCUT2D eigenvalue weighted by molar-refractivity contribution is 0.0606. The van der Waals surface area contributed by atoms with Crippen LogP contribution >= 0.6 is 22.9 Å². The number of benzene rings is 1. The molecule has 3 rings (SSSR count). The highest BCUT2D eigenvalue weighted by Crippen LogP contribution is 2.27. The first kappa shape index (κ1) is 14.6. The molecule has 1 aromatic carbocycles. The highest BCUT2D eigenvalue weighted by Gasteiger charge is 2.17. The van der Waals surface area contributed by atoms with Gasteiger partial charge in [0.15, 0.2) is 15.2 Å². The highest BCUT2D eigenvalue weighted by atomic mass is 35.5. The second-order valence-corrected chi connectivity index (χ2v) is 5.80. The van der Waals surface area contributed by atoms with Crippen LogP contribution in [-0.2, 0) is 11.3 Å². The molecule has 22 heavy (non-hydrogen) atoms. The van der Waals surface area contributed by atoms with Crippen LogP contribution in [0, 0.1) is 0 Å². The summed E-state index contributed by atoms with van der Waals surface area (Å²) in [5.74, 6) is -0.512. The van der Waals surface area contributed by atoms with Crippen molar-refractivity contribution < 1.29 is 9.53 Å². The van der Waals surface area contributed by atoms with Crippen molar-refractivity contribution in [1.82, 2.24) is 15.0 Å². The summed E-state index contributed by atoms with van der Waals surface area (Å²) in [6, 6.07) is 5.56. The van der Waals surface area contributed by atoms with Gasteiger partial charge in [0.2, 0.25) is 0 Å². The number of hydrogen-bond acceptors (Lipinski definition) is 6. The van der Waals surface area contributed by atoms with Gasteiger partial charge in [-0.3, -0.25) is 0 Å². The van der Waals surface area contributed by atoms with Gasteiger partial charge in [-0.1, -0.05) is 29.0 Å². The van der Waals surface area contributed by atoms with Gasteiger partial charge in [0.1, 0.15) is 0 Å². The molecule has 0 unspecified atom stereocenters. The molecule has 0 aliphatic heterocycles. The maximum atomic E-state index is 11.5. The Labute approximate surface area is 133 Å². The largest absolute Gasteiger partial charge is 0.465 e. The second kappa shape index (κ2) is 5.82. The van der Waals surface area contributed by atoms with E-state index in [1.807, 2.05) is 18.2 Å². The number of carbonyl (C=O) groups excluding carboxylic acids is 1. The molecular weight excluding hydrogens is 328 g/mol. The van der Waals surface area contributed by atoms with Crippen molar-refractivity contribution in [2.45, 2.75) is 6.54 Å². The Morgan fingerprint density at radius 3 is 2.95 bits per heavy atom. The number of methoxy groups -OCH3 is 1. The van der Waals surface area contributed by atoms with Crippen LogP contribution in [0.3, 0.4) is 0 Å². The first-order valence-electron chi connectivity index (χ1n) is 6.26. The SMILES string of the molecule is COC(=O)c1sc(NCc2ccc3[nH]c(=O)[nH]c3c2)nc1Cl. The number of aromatic amines is 2. The predicted molar refractivity (Wildman–Crippen MR) is 84.7 cm³/mol. The molecule has 0 saturated heterocycles. The van der Waals surface area contributed by atoms with Crippen LogP contribution in [0.25, 0.3) is 11.0 Å². The second-order valence-electron chi connectivity index (χ2n) is 4.44. The molecule has 0 atom stereocenters. The molecule has 0 fully saturated rings. The summed E-state index contributed by atoms with van der Waals surface area (Å²) in [5.41, 5.74) is 2.19. The summed E-state index contributed by atoms with van der Waals surface area (Å²) >= 11 is 7.02. The molecule has 114 valence electrons. The van der Waals surface area contributed by atoms with Gasteiger partial charge >= 0.3 is 11.7 Å². The fraction of sp³-hybridized carbons (Fsp3) is 0.154. The molecule has 0 amide bonds. The van der Waals surface area contributed by atoms with E-state index in [1.54, 1.807) is 0 Å². The van der Waals surface area contributed by atoms with Crippen LogP contribution < -0.4 is 11.0 Å². The number of ether oxygens (including phenoxy) is 1. The number of esters is 1. The lowest BCUT2D eigenvalue weighted by Gasteiger charge is -2.02. The highest BCUT2D eigenvalue weighted by molar-refractivity contribution is 7.18. The Morgan fingerprint density at radius 2 is 2.18 bits per heavy atom. The minimum atomic E-state index is -0.512. The molecule has 3 N–H and O–H groups in total. The molecule has 0 spiro atoms. The van der Waals surface area contributed by atoms with E-state index in [4.69, 9.17) is 11.6 Å². The zero-order valence-corrected chi connectivity index (χ0v) is 13.0. The molecule has 2 aromatic heterocycles. The van der Waals surface area contributed by atoms with Crippen LogP contribution in [0.15, 0.2) is 23.0 Å². The quantitative estimate of drug-likeness (QED) is 0.634. The molecule has 9 heteroatoms. The number of imidazole rings is 1. The van der Waals surface area contributed by atoms with E-state index in [1.165, 1.54) is 7.11 Å². The Balaban J connectivity index is 1.76. The Kier molecular flexibility index (Phi) is 3.86. The van der Waals surface area contributed by atoms with E-state index >= 15 is 0 Å². The number of rotatable bonds is 4. The van der Waals surface area contributed by atoms with Crippen molar-refractivity contribution >= 4 is 45.1 Å². The summed E-state index contributed by atoms with van der Waals surface area (Å²) in [4.78, 5) is 32.4. The van der Waals surface area contributed by atoms with Gasteiger partial charge in [-0.2, -0.15) is 0 Å². The van der Waals surface area contributed by atoms with Crippen LogP contribution in [0.2, 0.25) is 5.15 Å². The number of carbonyl (C=O) groups is 1. The summed E-state index contributed by atoms with van der Waals surface area (Å²) in [5, 5.41) is 3.72. The van der Waals surface area contributed by atoms with Gasteiger partial charge in [0, 0.05) is 6.54 Å². The Hall–Kier alpha value is -2.32. The summed E-state index contributed by atoms with van der Waals surface area (Å²) in [7, 11) is 1.29. The zero-order chi connectivity index (χ0) is 15.7. The maximum Gasteiger partial charge on any atom is 0.351 e. The third-order valence-corrected chi connectivity index (χ3v) is 4.36. The molecule has 3 aromatic rings. The Bertz CT molecular complexity index is 898. The van der Waals surface area contributed by atoms with Crippen molar-refractivity contribution in [2.24, 2.45) is 0 Å². The topological polar surface area (TPSA) is 99.9 Å². The maximum absolute atomic E-state index is 11.5. The first-order chi connectivity index (χ1) is 10.6. The number of anilines is 1. The zero-order valence-electron chi connectivity index (χ0n) is 11.4. The fourth-order valence-electron chi connectivity index (χ4n) is 1.96. The number of nitrogens with zero attached hydrogens (tertiary/aromatic N) is 1. The van der Waals surface area contributed by atoms with Crippen LogP contribution in [0.4, 0.5) is 5.13 Å². The molecule has 0 aliphatic rings. The number of thiazole rings is 1. The molecule has 2 heterocycles. The van der Waals surface area contributed by atoms with E-state index in [-0.39, 0.29) is 15.7 Å². The van der Waals surface area contributed by atoms with Gasteiger partial charge in [-0.15, -0.1) is 0 Å². The number of nitrogens with one attached hydrogen (secondary N) is 3. The minimum absolute atomic E-state index is 0.116. The number of halogens is 1. The summed E-state index contributed by atoms with van der Waals surface area (Å²) < 4.78 is 4.63. The van der Waals surface area contributed by atoms with Gasteiger partial charge in [0.05, 0.1) is 18.1 Å². The monoisotopic (exact) mass is 338 g/mol. The standard InChI is InChI=1S/C13H11ClN4O3S/c1-21-11(19)9-10(14)18-13(22-9)15-5-6-2-3-7-8(4-6)17-12(20)16-7/h2-4H,5H2,1H3,(H,15,18)(H2,16,17,20). The van der Waals surface area contributed by atoms with Crippen LogP contribution in [0.5, 0.6) is 0 Å². The van der Waals surface area contributed by atoms with Crippen LogP contribution in [0.1, 0.15) is 15.2 Å². The summed E-state index contributed by atoms with van der Waals surface area (Å²) in [6.07, 6.45) is 0. The average Bonchev–Trinajstić information content (AvgIpc) is 3.05. The fourth-order valence-corrected chi connectivity index (χ4v) is 3.06. The van der Waals surface area contributed by atoms with Gasteiger partial charge in [-0.05, 0) is 17.7 Å². The van der Waals surface area contributed by atoms with Crippen molar-refractivity contribution in [1.29, 1.82) is 0 Å². The van der Waals surface area contributed by atoms with Crippen LogP contribution in [-0.4, -0.2) is 28.0 Å². The third-order valence-electron chi connectivity index (χ3n) is 2.98. The molecule has 0 aliphatic carbocycles. The van der Waals surface area contributed by atoms with E-state index in [2.05, 4.69) is 25.0 Å². The van der Waals surface area contributed by atoms with Gasteiger partial charge in [0.25, 0.3) is 0 Å². The Morgan fingerprint density at radius 1 is 1.41 bits per heavy atom. The predicted octanol–water partition coefficient (Wildman–Crippen LogP) is 2.36. The lowest BCUT2D eigenvalue weighted by Crippen LogP contribution is -1.99.